The number of hydrogen-bond acceptors (Lipinski definition) is 4. The van der Waals surface area contributed by atoms with Crippen LogP contribution in [0.2, 0.25) is 0 Å². The molecule has 2 atom stereocenters. The first-order chi connectivity index (χ1) is 11.0. The van der Waals surface area contributed by atoms with Gasteiger partial charge < -0.3 is 9.64 Å². The molecule has 0 radical (unpaired) electrons. The Morgan fingerprint density at radius 2 is 1.91 bits per heavy atom. The fraction of sp³-hybridized carbons (Fsp3) is 0.500. The van der Waals surface area contributed by atoms with Crippen LogP contribution in [0.3, 0.4) is 0 Å². The van der Waals surface area contributed by atoms with E-state index >= 15 is 0 Å². The lowest BCUT2D eigenvalue weighted by molar-refractivity contribution is -0.145. The zero-order valence-corrected chi connectivity index (χ0v) is 12.8. The molecule has 1 amide bonds. The number of rotatable bonds is 2. The van der Waals surface area contributed by atoms with Gasteiger partial charge in [-0.05, 0) is 19.1 Å². The van der Waals surface area contributed by atoms with Crippen LogP contribution in [-0.2, 0) is 9.53 Å². The second kappa shape index (κ2) is 6.23. The maximum absolute atomic E-state index is 13.7. The summed E-state index contributed by atoms with van der Waals surface area (Å²) in [5.74, 6) is -2.24. The molecule has 0 spiro atoms. The van der Waals surface area contributed by atoms with E-state index in [2.05, 4.69) is 0 Å². The second-order valence-electron chi connectivity index (χ2n) is 5.95. The Bertz CT molecular complexity index is 630. The van der Waals surface area contributed by atoms with Crippen LogP contribution in [0.5, 0.6) is 0 Å². The van der Waals surface area contributed by atoms with Crippen LogP contribution in [0.4, 0.5) is 8.78 Å². The van der Waals surface area contributed by atoms with E-state index in [1.165, 1.54) is 4.90 Å². The van der Waals surface area contributed by atoms with Gasteiger partial charge in [0.15, 0.2) is 0 Å². The van der Waals surface area contributed by atoms with Crippen LogP contribution in [0.25, 0.3) is 0 Å². The molecule has 2 fully saturated rings. The third kappa shape index (κ3) is 3.19. The van der Waals surface area contributed by atoms with Gasteiger partial charge in [0, 0.05) is 38.7 Å². The van der Waals surface area contributed by atoms with Crippen molar-refractivity contribution in [2.24, 2.45) is 0 Å². The summed E-state index contributed by atoms with van der Waals surface area (Å²) >= 11 is 0. The second-order valence-corrected chi connectivity index (χ2v) is 5.95. The number of benzene rings is 1. The summed E-state index contributed by atoms with van der Waals surface area (Å²) in [5, 5.41) is 0. The van der Waals surface area contributed by atoms with Crippen molar-refractivity contribution in [3.8, 4) is 0 Å². The maximum Gasteiger partial charge on any atom is 0.323 e. The number of esters is 1. The highest BCUT2D eigenvalue weighted by atomic mass is 19.1. The van der Waals surface area contributed by atoms with Gasteiger partial charge in [0.05, 0.1) is 5.56 Å². The highest BCUT2D eigenvalue weighted by Gasteiger charge is 2.38. The van der Waals surface area contributed by atoms with Crippen molar-refractivity contribution < 1.29 is 23.1 Å². The van der Waals surface area contributed by atoms with Crippen molar-refractivity contribution in [3.05, 3.63) is 35.4 Å². The van der Waals surface area contributed by atoms with Crippen LogP contribution in [0.1, 0.15) is 23.7 Å². The first-order valence-electron chi connectivity index (χ1n) is 7.64. The van der Waals surface area contributed by atoms with Gasteiger partial charge in [-0.25, -0.2) is 8.78 Å². The fourth-order valence-corrected chi connectivity index (χ4v) is 3.10. The van der Waals surface area contributed by atoms with Crippen molar-refractivity contribution in [3.63, 3.8) is 0 Å². The number of amides is 1. The molecule has 5 nitrogen and oxygen atoms in total. The molecular weight excluding hydrogens is 306 g/mol. The molecule has 2 aliphatic heterocycles. The van der Waals surface area contributed by atoms with E-state index in [1.807, 2.05) is 11.8 Å². The zero-order chi connectivity index (χ0) is 16.6. The third-order valence-electron chi connectivity index (χ3n) is 4.35. The van der Waals surface area contributed by atoms with Crippen molar-refractivity contribution >= 4 is 11.9 Å². The molecule has 124 valence electrons. The van der Waals surface area contributed by atoms with Gasteiger partial charge in [-0.15, -0.1) is 0 Å². The molecule has 0 bridgehead atoms. The molecule has 0 aliphatic carbocycles. The molecule has 0 unspecified atom stereocenters. The minimum atomic E-state index is -0.856. The third-order valence-corrected chi connectivity index (χ3v) is 4.35. The van der Waals surface area contributed by atoms with Crippen LogP contribution in [-0.4, -0.2) is 60.0 Å². The van der Waals surface area contributed by atoms with E-state index in [0.717, 1.165) is 12.1 Å². The van der Waals surface area contributed by atoms with E-state index in [1.54, 1.807) is 0 Å². The maximum atomic E-state index is 13.7. The number of piperazine rings is 1. The summed E-state index contributed by atoms with van der Waals surface area (Å²) in [6, 6.07) is 2.68. The van der Waals surface area contributed by atoms with Gasteiger partial charge in [0.25, 0.3) is 5.91 Å². The standard InChI is InChI=1S/C16H18F2N2O3/c1-10-8-14(16(22)23-10)19-4-6-20(7-5-19)15(21)12-3-2-11(17)9-13(12)18/h2-3,9-10,14H,4-8H2,1H3/t10-,14+/m0/s1. The molecule has 0 aromatic heterocycles. The Morgan fingerprint density at radius 1 is 1.22 bits per heavy atom. The van der Waals surface area contributed by atoms with Gasteiger partial charge in [-0.2, -0.15) is 0 Å². The first kappa shape index (κ1) is 15.9. The highest BCUT2D eigenvalue weighted by molar-refractivity contribution is 5.94. The average Bonchev–Trinajstić information content (AvgIpc) is 2.85. The lowest BCUT2D eigenvalue weighted by atomic mass is 10.1. The molecule has 0 N–H and O–H groups in total. The molecule has 0 saturated carbocycles. The molecule has 2 saturated heterocycles. The molecular formula is C16H18F2N2O3. The lowest BCUT2D eigenvalue weighted by Gasteiger charge is -2.36. The first-order valence-corrected chi connectivity index (χ1v) is 7.64. The predicted octanol–water partition coefficient (Wildman–Crippen LogP) is 1.43. The number of ether oxygens (including phenoxy) is 1. The Hall–Kier alpha value is -2.02. The Balaban J connectivity index is 1.62. The Morgan fingerprint density at radius 3 is 2.48 bits per heavy atom. The van der Waals surface area contributed by atoms with E-state index in [9.17, 15) is 18.4 Å². The fourth-order valence-electron chi connectivity index (χ4n) is 3.10. The van der Waals surface area contributed by atoms with Crippen LogP contribution in [0, 0.1) is 11.6 Å². The summed E-state index contributed by atoms with van der Waals surface area (Å²) in [6.45, 7) is 3.71. The smallest absolute Gasteiger partial charge is 0.323 e. The van der Waals surface area contributed by atoms with Crippen LogP contribution < -0.4 is 0 Å². The summed E-state index contributed by atoms with van der Waals surface area (Å²) in [7, 11) is 0. The largest absolute Gasteiger partial charge is 0.461 e. The van der Waals surface area contributed by atoms with Crippen molar-refractivity contribution in [1.82, 2.24) is 9.80 Å². The Kier molecular flexibility index (Phi) is 4.30. The molecule has 3 rings (SSSR count). The summed E-state index contributed by atoms with van der Waals surface area (Å²) in [6.07, 6.45) is 0.569. The van der Waals surface area contributed by atoms with Crippen molar-refractivity contribution in [1.29, 1.82) is 0 Å². The average molecular weight is 324 g/mol. The quantitative estimate of drug-likeness (QED) is 0.772. The zero-order valence-electron chi connectivity index (χ0n) is 12.8. The van der Waals surface area contributed by atoms with Gasteiger partial charge in [0.2, 0.25) is 0 Å². The molecule has 1 aromatic rings. The van der Waals surface area contributed by atoms with Gasteiger partial charge in [0.1, 0.15) is 23.8 Å². The monoisotopic (exact) mass is 324 g/mol. The van der Waals surface area contributed by atoms with Crippen LogP contribution in [0.15, 0.2) is 18.2 Å². The molecule has 7 heteroatoms. The van der Waals surface area contributed by atoms with E-state index in [4.69, 9.17) is 4.74 Å². The highest BCUT2D eigenvalue weighted by Crippen LogP contribution is 2.22. The van der Waals surface area contributed by atoms with Crippen molar-refractivity contribution in [2.45, 2.75) is 25.5 Å². The summed E-state index contributed by atoms with van der Waals surface area (Å²) in [5.41, 5.74) is -0.131. The molecule has 2 aliphatic rings. The molecule has 23 heavy (non-hydrogen) atoms. The number of hydrogen-bond donors (Lipinski definition) is 0. The van der Waals surface area contributed by atoms with Crippen LogP contribution >= 0.6 is 0 Å². The lowest BCUT2D eigenvalue weighted by Crippen LogP contribution is -2.53. The van der Waals surface area contributed by atoms with Gasteiger partial charge >= 0.3 is 5.97 Å². The van der Waals surface area contributed by atoms with Gasteiger partial charge in [-0.3, -0.25) is 14.5 Å². The number of carbonyl (C=O) groups excluding carboxylic acids is 2. The van der Waals surface area contributed by atoms with E-state index < -0.39 is 17.5 Å². The predicted molar refractivity (Wildman–Crippen MR) is 77.8 cm³/mol. The number of nitrogens with zero attached hydrogens (tertiary/aromatic N) is 2. The van der Waals surface area contributed by atoms with E-state index in [0.29, 0.717) is 38.7 Å². The summed E-state index contributed by atoms with van der Waals surface area (Å²) < 4.78 is 31.8. The number of cyclic esters (lactones) is 1. The topological polar surface area (TPSA) is 49.9 Å². The minimum Gasteiger partial charge on any atom is -0.461 e. The molecule has 1 aromatic carbocycles. The minimum absolute atomic E-state index is 0.0829. The summed E-state index contributed by atoms with van der Waals surface area (Å²) in [4.78, 5) is 27.6. The van der Waals surface area contributed by atoms with Gasteiger partial charge in [-0.1, -0.05) is 0 Å². The van der Waals surface area contributed by atoms with E-state index in [-0.39, 0.29) is 23.7 Å². The SMILES string of the molecule is C[C@H]1C[C@@H](N2CCN(C(=O)c3ccc(F)cc3F)CC2)C(=O)O1. The Labute approximate surface area is 132 Å². The molecule has 2 heterocycles. The number of carbonyl (C=O) groups is 2. The number of halogens is 2. The van der Waals surface area contributed by atoms with Crippen molar-refractivity contribution in [2.75, 3.05) is 26.2 Å². The normalized spacial score (nSPS) is 25.5.